The van der Waals surface area contributed by atoms with E-state index in [1.807, 2.05) is 11.0 Å². The number of aliphatic hydroxyl groups excluding tert-OH is 1. The smallest absolute Gasteiger partial charge is 0.345 e. The largest absolute Gasteiger partial charge is 0.477 e. The first-order valence-electron chi connectivity index (χ1n) is 6.73. The minimum Gasteiger partial charge on any atom is -0.477 e. The molecule has 2 aromatic heterocycles. The summed E-state index contributed by atoms with van der Waals surface area (Å²) in [4.78, 5) is 22.7. The van der Waals surface area contributed by atoms with Gasteiger partial charge in [0.2, 0.25) is 0 Å². The van der Waals surface area contributed by atoms with Crippen molar-refractivity contribution < 1.29 is 15.0 Å². The van der Waals surface area contributed by atoms with Crippen LogP contribution in [0.25, 0.3) is 10.7 Å². The van der Waals surface area contributed by atoms with Crippen molar-refractivity contribution in [2.45, 2.75) is 18.9 Å². The lowest BCUT2D eigenvalue weighted by Gasteiger charge is -2.30. The van der Waals surface area contributed by atoms with E-state index in [0.29, 0.717) is 12.4 Å². The van der Waals surface area contributed by atoms with Crippen LogP contribution in [0.5, 0.6) is 0 Å². The number of anilines is 1. The van der Waals surface area contributed by atoms with E-state index in [1.165, 1.54) is 0 Å². The fourth-order valence-electron chi connectivity index (χ4n) is 2.38. The van der Waals surface area contributed by atoms with Gasteiger partial charge in [-0.2, -0.15) is 0 Å². The number of rotatable bonds is 3. The number of nitrogens with zero attached hydrogens (tertiary/aromatic N) is 3. The van der Waals surface area contributed by atoms with Crippen molar-refractivity contribution in [3.8, 4) is 10.7 Å². The van der Waals surface area contributed by atoms with Gasteiger partial charge in [-0.15, -0.1) is 11.3 Å². The average molecular weight is 305 g/mol. The molecule has 0 radical (unpaired) electrons. The molecule has 0 amide bonds. The molecule has 0 saturated carbocycles. The first-order valence-corrected chi connectivity index (χ1v) is 7.54. The first-order chi connectivity index (χ1) is 10.1. The van der Waals surface area contributed by atoms with Crippen LogP contribution in [0, 0.1) is 0 Å². The third-order valence-corrected chi connectivity index (χ3v) is 4.47. The summed E-state index contributed by atoms with van der Waals surface area (Å²) >= 11 is 1.16. The maximum absolute atomic E-state index is 10.9. The van der Waals surface area contributed by atoms with E-state index in [2.05, 4.69) is 9.97 Å². The molecule has 1 atom stereocenters. The first kappa shape index (κ1) is 14.0. The van der Waals surface area contributed by atoms with Gasteiger partial charge in [-0.3, -0.25) is 0 Å². The molecule has 21 heavy (non-hydrogen) atoms. The highest BCUT2D eigenvalue weighted by molar-refractivity contribution is 7.17. The maximum atomic E-state index is 10.9. The Balaban J connectivity index is 1.86. The van der Waals surface area contributed by atoms with Crippen LogP contribution in [0.15, 0.2) is 24.4 Å². The third-order valence-electron chi connectivity index (χ3n) is 3.40. The topological polar surface area (TPSA) is 86.5 Å². The summed E-state index contributed by atoms with van der Waals surface area (Å²) in [6, 6.07) is 5.09. The predicted molar refractivity (Wildman–Crippen MR) is 79.8 cm³/mol. The second-order valence-electron chi connectivity index (χ2n) is 4.95. The molecule has 110 valence electrons. The number of aromatic nitrogens is 2. The quantitative estimate of drug-likeness (QED) is 0.900. The fraction of sp³-hybridized carbons (Fsp3) is 0.357. The Kier molecular flexibility index (Phi) is 3.85. The number of β-amino-alcohol motifs (C(OH)–C–C–N with tert-alkyl or cyclic N) is 1. The van der Waals surface area contributed by atoms with Crippen molar-refractivity contribution in [2.75, 3.05) is 18.0 Å². The lowest BCUT2D eigenvalue weighted by Crippen LogP contribution is -2.38. The Labute approximate surface area is 125 Å². The second kappa shape index (κ2) is 5.79. The average Bonchev–Trinajstić information content (AvgIpc) is 2.97. The molecule has 3 rings (SSSR count). The highest BCUT2D eigenvalue weighted by Gasteiger charge is 2.19. The SMILES string of the molecule is O=C(O)c1ccc(-c2nccc(N3CCC[C@@H](O)C3)n2)s1. The molecule has 0 bridgehead atoms. The van der Waals surface area contributed by atoms with Crippen LogP contribution >= 0.6 is 11.3 Å². The van der Waals surface area contributed by atoms with Gasteiger partial charge in [-0.05, 0) is 31.0 Å². The number of aromatic carboxylic acids is 1. The predicted octanol–water partition coefficient (Wildman–Crippen LogP) is 1.86. The molecule has 7 heteroatoms. The highest BCUT2D eigenvalue weighted by atomic mass is 32.1. The molecule has 1 fully saturated rings. The number of aliphatic hydroxyl groups is 1. The third kappa shape index (κ3) is 3.03. The normalized spacial score (nSPS) is 18.7. The van der Waals surface area contributed by atoms with Crippen molar-refractivity contribution in [3.05, 3.63) is 29.3 Å². The van der Waals surface area contributed by atoms with E-state index >= 15 is 0 Å². The van der Waals surface area contributed by atoms with Crippen LogP contribution in [-0.2, 0) is 0 Å². The van der Waals surface area contributed by atoms with Crippen LogP contribution in [-0.4, -0.2) is 45.3 Å². The van der Waals surface area contributed by atoms with E-state index in [9.17, 15) is 9.90 Å². The van der Waals surface area contributed by atoms with Gasteiger partial charge in [-0.1, -0.05) is 0 Å². The van der Waals surface area contributed by atoms with Gasteiger partial charge >= 0.3 is 5.97 Å². The van der Waals surface area contributed by atoms with Gasteiger partial charge in [0.05, 0.1) is 11.0 Å². The summed E-state index contributed by atoms with van der Waals surface area (Å²) in [6.45, 7) is 1.43. The summed E-state index contributed by atoms with van der Waals surface area (Å²) in [5.74, 6) is 0.343. The molecule has 1 aliphatic heterocycles. The van der Waals surface area contributed by atoms with Crippen LogP contribution in [0.3, 0.4) is 0 Å². The summed E-state index contributed by atoms with van der Waals surface area (Å²) in [7, 11) is 0. The molecule has 1 saturated heterocycles. The van der Waals surface area contributed by atoms with E-state index in [1.54, 1.807) is 18.3 Å². The van der Waals surface area contributed by atoms with Gasteiger partial charge in [0.1, 0.15) is 10.7 Å². The fourth-order valence-corrected chi connectivity index (χ4v) is 3.17. The van der Waals surface area contributed by atoms with E-state index < -0.39 is 5.97 Å². The van der Waals surface area contributed by atoms with E-state index in [0.717, 1.165) is 41.4 Å². The summed E-state index contributed by atoms with van der Waals surface area (Å²) < 4.78 is 0. The lowest BCUT2D eigenvalue weighted by molar-refractivity contribution is 0.0702. The number of hydrogen-bond acceptors (Lipinski definition) is 6. The Bertz CT molecular complexity index is 658. The Hall–Kier alpha value is -1.99. The molecule has 0 spiro atoms. The number of carbonyl (C=O) groups is 1. The van der Waals surface area contributed by atoms with Crippen molar-refractivity contribution in [1.82, 2.24) is 9.97 Å². The number of piperidine rings is 1. The second-order valence-corrected chi connectivity index (χ2v) is 6.03. The van der Waals surface area contributed by atoms with Crippen molar-refractivity contribution in [3.63, 3.8) is 0 Å². The lowest BCUT2D eigenvalue weighted by atomic mass is 10.1. The molecule has 2 N–H and O–H groups in total. The monoisotopic (exact) mass is 305 g/mol. The molecular formula is C14H15N3O3S. The number of hydrogen-bond donors (Lipinski definition) is 2. The zero-order valence-electron chi connectivity index (χ0n) is 11.3. The van der Waals surface area contributed by atoms with Gasteiger partial charge in [0, 0.05) is 19.3 Å². The standard InChI is InChI=1S/C14H15N3O3S/c18-9-2-1-7-17(8-9)12-5-6-15-13(16-12)10-3-4-11(21-10)14(19)20/h3-6,9,18H,1-2,7-8H2,(H,19,20)/t9-/m1/s1. The van der Waals surface area contributed by atoms with Crippen molar-refractivity contribution >= 4 is 23.1 Å². The molecule has 0 aromatic carbocycles. The Morgan fingerprint density at radius 1 is 1.38 bits per heavy atom. The molecule has 1 aliphatic rings. The van der Waals surface area contributed by atoms with Gasteiger partial charge < -0.3 is 15.1 Å². The van der Waals surface area contributed by atoms with Gasteiger partial charge in [0.15, 0.2) is 5.82 Å². The minimum absolute atomic E-state index is 0.271. The molecule has 2 aromatic rings. The van der Waals surface area contributed by atoms with Crippen LogP contribution in [0.4, 0.5) is 5.82 Å². The summed E-state index contributed by atoms with van der Waals surface area (Å²) in [6.07, 6.45) is 3.10. The maximum Gasteiger partial charge on any atom is 0.345 e. The number of thiophene rings is 1. The summed E-state index contributed by atoms with van der Waals surface area (Å²) in [5.41, 5.74) is 0. The van der Waals surface area contributed by atoms with Crippen LogP contribution in [0.1, 0.15) is 22.5 Å². The van der Waals surface area contributed by atoms with Gasteiger partial charge in [-0.25, -0.2) is 14.8 Å². The molecule has 0 unspecified atom stereocenters. The molecular weight excluding hydrogens is 290 g/mol. The van der Waals surface area contributed by atoms with Crippen molar-refractivity contribution in [1.29, 1.82) is 0 Å². The zero-order valence-corrected chi connectivity index (χ0v) is 12.1. The number of carboxylic acid groups (broad SMARTS) is 1. The van der Waals surface area contributed by atoms with Crippen molar-refractivity contribution in [2.24, 2.45) is 0 Å². The molecule has 3 heterocycles. The molecule has 0 aliphatic carbocycles. The minimum atomic E-state index is -0.943. The van der Waals surface area contributed by atoms with Crippen LogP contribution in [0.2, 0.25) is 0 Å². The van der Waals surface area contributed by atoms with E-state index in [-0.39, 0.29) is 11.0 Å². The molecule has 6 nitrogen and oxygen atoms in total. The summed E-state index contributed by atoms with van der Waals surface area (Å²) in [5, 5.41) is 18.7. The Morgan fingerprint density at radius 2 is 2.24 bits per heavy atom. The number of carboxylic acids is 1. The Morgan fingerprint density at radius 3 is 2.95 bits per heavy atom. The zero-order chi connectivity index (χ0) is 14.8. The van der Waals surface area contributed by atoms with Gasteiger partial charge in [0.25, 0.3) is 0 Å². The highest BCUT2D eigenvalue weighted by Crippen LogP contribution is 2.27. The van der Waals surface area contributed by atoms with E-state index in [4.69, 9.17) is 5.11 Å². The van der Waals surface area contributed by atoms with Crippen LogP contribution < -0.4 is 4.90 Å².